The molecular weight excluding hydrogens is 302 g/mol. The van der Waals surface area contributed by atoms with Gasteiger partial charge in [-0.05, 0) is 47.1 Å². The molecule has 0 bridgehead atoms. The van der Waals surface area contributed by atoms with Gasteiger partial charge in [0.25, 0.3) is 0 Å². The second kappa shape index (κ2) is 5.20. The SMILES string of the molecule is CC(N)c1cccn1Cc1c(F)ccc(Br)c1F. The molecule has 2 rings (SSSR count). The molecule has 0 aliphatic heterocycles. The molecule has 0 spiro atoms. The standard InChI is InChI=1S/C13H13BrF2N2/c1-8(17)12-3-2-6-18(12)7-9-11(15)5-4-10(14)13(9)16/h2-6,8H,7,17H2,1H3. The predicted molar refractivity (Wildman–Crippen MR) is 70.2 cm³/mol. The van der Waals surface area contributed by atoms with Gasteiger partial charge in [-0.2, -0.15) is 0 Å². The third-order valence-electron chi connectivity index (χ3n) is 2.80. The summed E-state index contributed by atoms with van der Waals surface area (Å²) in [5.74, 6) is -1.13. The minimum absolute atomic E-state index is 0.0301. The van der Waals surface area contributed by atoms with Crippen LogP contribution in [0.4, 0.5) is 8.78 Å². The van der Waals surface area contributed by atoms with Crippen molar-refractivity contribution in [1.82, 2.24) is 4.57 Å². The highest BCUT2D eigenvalue weighted by Gasteiger charge is 2.14. The molecule has 18 heavy (non-hydrogen) atoms. The zero-order chi connectivity index (χ0) is 13.3. The fourth-order valence-corrected chi connectivity index (χ4v) is 2.24. The van der Waals surface area contributed by atoms with Gasteiger partial charge in [-0.15, -0.1) is 0 Å². The third kappa shape index (κ3) is 2.47. The van der Waals surface area contributed by atoms with E-state index in [-0.39, 0.29) is 22.6 Å². The van der Waals surface area contributed by atoms with Gasteiger partial charge < -0.3 is 10.3 Å². The monoisotopic (exact) mass is 314 g/mol. The summed E-state index contributed by atoms with van der Waals surface area (Å²) in [5, 5.41) is 0. The molecule has 0 saturated heterocycles. The summed E-state index contributed by atoms with van der Waals surface area (Å²) in [7, 11) is 0. The van der Waals surface area contributed by atoms with E-state index in [1.54, 1.807) is 10.8 Å². The van der Waals surface area contributed by atoms with Crippen LogP contribution in [0.15, 0.2) is 34.9 Å². The van der Waals surface area contributed by atoms with Gasteiger partial charge in [0.2, 0.25) is 0 Å². The maximum atomic E-state index is 13.9. The Kier molecular flexibility index (Phi) is 3.82. The van der Waals surface area contributed by atoms with Crippen molar-refractivity contribution in [3.8, 4) is 0 Å². The van der Waals surface area contributed by atoms with Gasteiger partial charge in [0.05, 0.1) is 11.0 Å². The summed E-state index contributed by atoms with van der Waals surface area (Å²) in [6, 6.07) is 6.08. The van der Waals surface area contributed by atoms with Gasteiger partial charge in [-0.1, -0.05) is 0 Å². The molecule has 0 aliphatic carbocycles. The minimum Gasteiger partial charge on any atom is -0.345 e. The molecule has 2 nitrogen and oxygen atoms in total. The largest absolute Gasteiger partial charge is 0.345 e. The van der Waals surface area contributed by atoms with Crippen molar-refractivity contribution in [3.05, 3.63) is 57.8 Å². The van der Waals surface area contributed by atoms with Crippen molar-refractivity contribution >= 4 is 15.9 Å². The van der Waals surface area contributed by atoms with E-state index in [0.29, 0.717) is 0 Å². The number of hydrogen-bond donors (Lipinski definition) is 1. The molecule has 2 aromatic rings. The van der Waals surface area contributed by atoms with Gasteiger partial charge in [0.1, 0.15) is 11.6 Å². The number of halogens is 3. The van der Waals surface area contributed by atoms with Crippen LogP contribution >= 0.6 is 15.9 Å². The maximum absolute atomic E-state index is 13.9. The van der Waals surface area contributed by atoms with Crippen molar-refractivity contribution in [2.45, 2.75) is 19.5 Å². The minimum atomic E-state index is -0.570. The van der Waals surface area contributed by atoms with Crippen molar-refractivity contribution in [2.75, 3.05) is 0 Å². The predicted octanol–water partition coefficient (Wildman–Crippen LogP) is 3.60. The maximum Gasteiger partial charge on any atom is 0.145 e. The number of hydrogen-bond acceptors (Lipinski definition) is 1. The van der Waals surface area contributed by atoms with Crippen LogP contribution in [-0.4, -0.2) is 4.57 Å². The van der Waals surface area contributed by atoms with Crippen molar-refractivity contribution in [3.63, 3.8) is 0 Å². The number of nitrogens with zero attached hydrogens (tertiary/aromatic N) is 1. The highest BCUT2D eigenvalue weighted by molar-refractivity contribution is 9.10. The second-order valence-electron chi connectivity index (χ2n) is 4.17. The van der Waals surface area contributed by atoms with Crippen LogP contribution in [0, 0.1) is 11.6 Å². The van der Waals surface area contributed by atoms with Gasteiger partial charge in [0.15, 0.2) is 0 Å². The Labute approximate surface area is 113 Å². The molecule has 0 fully saturated rings. The van der Waals surface area contributed by atoms with E-state index >= 15 is 0 Å². The molecule has 5 heteroatoms. The lowest BCUT2D eigenvalue weighted by molar-refractivity contribution is 0.534. The number of benzene rings is 1. The smallest absolute Gasteiger partial charge is 0.145 e. The van der Waals surface area contributed by atoms with Gasteiger partial charge in [-0.25, -0.2) is 8.78 Å². The highest BCUT2D eigenvalue weighted by Crippen LogP contribution is 2.23. The van der Waals surface area contributed by atoms with Crippen LogP contribution in [0.5, 0.6) is 0 Å². The number of rotatable bonds is 3. The molecule has 1 aromatic heterocycles. The molecule has 2 N–H and O–H groups in total. The van der Waals surface area contributed by atoms with E-state index in [0.717, 1.165) is 5.69 Å². The lowest BCUT2D eigenvalue weighted by Crippen LogP contribution is -2.13. The molecular formula is C13H13BrF2N2. The Morgan fingerprint density at radius 3 is 2.72 bits per heavy atom. The zero-order valence-corrected chi connectivity index (χ0v) is 11.4. The molecule has 0 radical (unpaired) electrons. The molecule has 0 amide bonds. The second-order valence-corrected chi connectivity index (χ2v) is 5.03. The summed E-state index contributed by atoms with van der Waals surface area (Å²) >= 11 is 3.06. The normalized spacial score (nSPS) is 12.7. The fourth-order valence-electron chi connectivity index (χ4n) is 1.87. The van der Waals surface area contributed by atoms with Gasteiger partial charge in [-0.3, -0.25) is 0 Å². The molecule has 1 aromatic carbocycles. The summed E-state index contributed by atoms with van der Waals surface area (Å²) in [4.78, 5) is 0. The average molecular weight is 315 g/mol. The molecule has 96 valence electrons. The first kappa shape index (κ1) is 13.2. The topological polar surface area (TPSA) is 30.9 Å². The van der Waals surface area contributed by atoms with Crippen molar-refractivity contribution < 1.29 is 8.78 Å². The average Bonchev–Trinajstić information content (AvgIpc) is 2.78. The van der Waals surface area contributed by atoms with Crippen LogP contribution in [0.25, 0.3) is 0 Å². The molecule has 0 saturated carbocycles. The Morgan fingerprint density at radius 1 is 1.33 bits per heavy atom. The molecule has 1 unspecified atom stereocenters. The van der Waals surface area contributed by atoms with E-state index in [4.69, 9.17) is 5.73 Å². The summed E-state index contributed by atoms with van der Waals surface area (Å²) in [6.07, 6.45) is 1.76. The Hall–Kier alpha value is -1.20. The fraction of sp³-hybridized carbons (Fsp3) is 0.231. The van der Waals surface area contributed by atoms with Crippen LogP contribution in [0.1, 0.15) is 24.2 Å². The Morgan fingerprint density at radius 2 is 2.06 bits per heavy atom. The summed E-state index contributed by atoms with van der Waals surface area (Å²) in [5.41, 5.74) is 6.67. The van der Waals surface area contributed by atoms with E-state index in [9.17, 15) is 8.78 Å². The van der Waals surface area contributed by atoms with Gasteiger partial charge >= 0.3 is 0 Å². The van der Waals surface area contributed by atoms with Crippen molar-refractivity contribution in [2.24, 2.45) is 5.73 Å². The van der Waals surface area contributed by atoms with Crippen LogP contribution in [0.3, 0.4) is 0 Å². The highest BCUT2D eigenvalue weighted by atomic mass is 79.9. The first-order valence-electron chi connectivity index (χ1n) is 5.53. The molecule has 1 atom stereocenters. The van der Waals surface area contributed by atoms with Crippen LogP contribution in [-0.2, 0) is 6.54 Å². The lowest BCUT2D eigenvalue weighted by atomic mass is 10.2. The number of aromatic nitrogens is 1. The van der Waals surface area contributed by atoms with E-state index in [2.05, 4.69) is 15.9 Å². The zero-order valence-electron chi connectivity index (χ0n) is 9.83. The van der Waals surface area contributed by atoms with Crippen molar-refractivity contribution in [1.29, 1.82) is 0 Å². The lowest BCUT2D eigenvalue weighted by Gasteiger charge is -2.13. The van der Waals surface area contributed by atoms with E-state index in [1.807, 2.05) is 19.1 Å². The summed E-state index contributed by atoms with van der Waals surface area (Å²) < 4.78 is 29.5. The molecule has 1 heterocycles. The van der Waals surface area contributed by atoms with Crippen LogP contribution < -0.4 is 5.73 Å². The number of nitrogens with two attached hydrogens (primary N) is 1. The first-order chi connectivity index (χ1) is 8.50. The Bertz CT molecular complexity index is 564. The quantitative estimate of drug-likeness (QED) is 0.862. The van der Waals surface area contributed by atoms with E-state index < -0.39 is 11.6 Å². The third-order valence-corrected chi connectivity index (χ3v) is 3.41. The Balaban J connectivity index is 2.40. The van der Waals surface area contributed by atoms with E-state index in [1.165, 1.54) is 12.1 Å². The van der Waals surface area contributed by atoms with Gasteiger partial charge in [0, 0.05) is 23.5 Å². The van der Waals surface area contributed by atoms with Crippen LogP contribution in [0.2, 0.25) is 0 Å². The molecule has 0 aliphatic rings. The summed E-state index contributed by atoms with van der Waals surface area (Å²) in [6.45, 7) is 1.96. The first-order valence-corrected chi connectivity index (χ1v) is 6.33.